The lowest BCUT2D eigenvalue weighted by Gasteiger charge is -2.31. The molecule has 1 saturated heterocycles. The maximum atomic E-state index is 12.8. The number of rotatable bonds is 3. The average Bonchev–Trinajstić information content (AvgIpc) is 2.61. The van der Waals surface area contributed by atoms with Crippen molar-refractivity contribution in [2.24, 2.45) is 5.73 Å². The number of benzene rings is 2. The third-order valence-corrected chi connectivity index (χ3v) is 4.28. The van der Waals surface area contributed by atoms with Crippen molar-refractivity contribution in [1.29, 1.82) is 0 Å². The molecule has 4 nitrogen and oxygen atoms in total. The van der Waals surface area contributed by atoms with Gasteiger partial charge in [0.2, 0.25) is 0 Å². The summed E-state index contributed by atoms with van der Waals surface area (Å²) in [4.78, 5) is 14.6. The van der Waals surface area contributed by atoms with Crippen LogP contribution in [0.3, 0.4) is 0 Å². The monoisotopic (exact) mass is 310 g/mol. The van der Waals surface area contributed by atoms with Gasteiger partial charge in [-0.1, -0.05) is 30.3 Å². The molecule has 0 aromatic heterocycles. The zero-order chi connectivity index (χ0) is 16.2. The fourth-order valence-corrected chi connectivity index (χ4v) is 3.06. The van der Waals surface area contributed by atoms with E-state index in [4.69, 9.17) is 10.5 Å². The van der Waals surface area contributed by atoms with Crippen molar-refractivity contribution in [3.8, 4) is 16.9 Å². The minimum atomic E-state index is 0.0417. The number of hydrogen-bond donors (Lipinski definition) is 1. The second kappa shape index (κ2) is 6.84. The van der Waals surface area contributed by atoms with Crippen LogP contribution in [-0.2, 0) is 0 Å². The van der Waals surface area contributed by atoms with E-state index in [2.05, 4.69) is 0 Å². The molecule has 1 fully saturated rings. The Morgan fingerprint density at radius 1 is 1.22 bits per heavy atom. The van der Waals surface area contributed by atoms with Gasteiger partial charge in [0, 0.05) is 30.3 Å². The van der Waals surface area contributed by atoms with Gasteiger partial charge in [-0.3, -0.25) is 4.79 Å². The molecular formula is C19H22N2O2. The van der Waals surface area contributed by atoms with Gasteiger partial charge >= 0.3 is 0 Å². The number of nitrogens with two attached hydrogens (primary N) is 1. The van der Waals surface area contributed by atoms with Gasteiger partial charge in [-0.25, -0.2) is 0 Å². The summed E-state index contributed by atoms with van der Waals surface area (Å²) in [7, 11) is 1.65. The Hall–Kier alpha value is -2.33. The van der Waals surface area contributed by atoms with Crippen LogP contribution in [0.25, 0.3) is 11.1 Å². The molecule has 2 aromatic carbocycles. The highest BCUT2D eigenvalue weighted by Gasteiger charge is 2.23. The van der Waals surface area contributed by atoms with E-state index in [1.54, 1.807) is 7.11 Å². The third-order valence-electron chi connectivity index (χ3n) is 4.28. The molecule has 0 bridgehead atoms. The normalized spacial score (nSPS) is 17.8. The van der Waals surface area contributed by atoms with Gasteiger partial charge in [-0.15, -0.1) is 0 Å². The number of carbonyl (C=O) groups is 1. The fourth-order valence-electron chi connectivity index (χ4n) is 3.06. The van der Waals surface area contributed by atoms with Crippen LogP contribution in [0.5, 0.6) is 5.75 Å². The van der Waals surface area contributed by atoms with E-state index in [1.807, 2.05) is 53.4 Å². The van der Waals surface area contributed by atoms with Crippen molar-refractivity contribution in [3.05, 3.63) is 54.1 Å². The van der Waals surface area contributed by atoms with Gasteiger partial charge < -0.3 is 15.4 Å². The smallest absolute Gasteiger partial charge is 0.253 e. The summed E-state index contributed by atoms with van der Waals surface area (Å²) in [6.07, 6.45) is 1.95. The Bertz CT molecular complexity index is 685. The van der Waals surface area contributed by atoms with Crippen LogP contribution in [0.2, 0.25) is 0 Å². The first-order valence-corrected chi connectivity index (χ1v) is 7.97. The first kappa shape index (κ1) is 15.6. The quantitative estimate of drug-likeness (QED) is 0.948. The van der Waals surface area contributed by atoms with E-state index >= 15 is 0 Å². The lowest BCUT2D eigenvalue weighted by molar-refractivity contribution is 0.0709. The lowest BCUT2D eigenvalue weighted by atomic mass is 10.00. The van der Waals surface area contributed by atoms with Gasteiger partial charge in [0.1, 0.15) is 5.75 Å². The molecule has 2 N–H and O–H groups in total. The summed E-state index contributed by atoms with van der Waals surface area (Å²) in [5, 5.41) is 0. The summed E-state index contributed by atoms with van der Waals surface area (Å²) in [6.45, 7) is 1.41. The molecule has 2 aromatic rings. The topological polar surface area (TPSA) is 55.6 Å². The van der Waals surface area contributed by atoms with Gasteiger partial charge in [0.05, 0.1) is 7.11 Å². The zero-order valence-electron chi connectivity index (χ0n) is 13.4. The minimum Gasteiger partial charge on any atom is -0.496 e. The maximum absolute atomic E-state index is 12.8. The Balaban J connectivity index is 1.93. The standard InChI is InChI=1S/C19H22N2O2/c1-23-18-10-9-15(12-17(18)14-6-3-2-4-7-14)19(22)21-11-5-8-16(20)13-21/h2-4,6-7,9-10,12,16H,5,8,11,13,20H2,1H3. The van der Waals surface area contributed by atoms with Crippen molar-refractivity contribution in [1.82, 2.24) is 4.90 Å². The van der Waals surface area contributed by atoms with Crippen LogP contribution in [-0.4, -0.2) is 37.0 Å². The molecule has 1 aliphatic rings. The molecule has 1 amide bonds. The molecule has 0 saturated carbocycles. The van der Waals surface area contributed by atoms with Gasteiger partial charge in [-0.05, 0) is 36.6 Å². The fraction of sp³-hybridized carbons (Fsp3) is 0.316. The molecule has 4 heteroatoms. The minimum absolute atomic E-state index is 0.0417. The summed E-state index contributed by atoms with van der Waals surface area (Å²) in [5.74, 6) is 0.808. The molecule has 0 spiro atoms. The van der Waals surface area contributed by atoms with E-state index in [1.165, 1.54) is 0 Å². The zero-order valence-corrected chi connectivity index (χ0v) is 13.4. The summed E-state index contributed by atoms with van der Waals surface area (Å²) in [5.41, 5.74) is 8.64. The number of ether oxygens (including phenoxy) is 1. The highest BCUT2D eigenvalue weighted by atomic mass is 16.5. The first-order valence-electron chi connectivity index (χ1n) is 7.97. The highest BCUT2D eigenvalue weighted by molar-refractivity contribution is 5.96. The first-order chi connectivity index (χ1) is 11.2. The molecule has 1 aliphatic heterocycles. The predicted molar refractivity (Wildman–Crippen MR) is 91.5 cm³/mol. The van der Waals surface area contributed by atoms with Crippen LogP contribution in [0.4, 0.5) is 0 Å². The van der Waals surface area contributed by atoms with Crippen molar-refractivity contribution in [3.63, 3.8) is 0 Å². The maximum Gasteiger partial charge on any atom is 0.253 e. The molecular weight excluding hydrogens is 288 g/mol. The van der Waals surface area contributed by atoms with Crippen LogP contribution in [0.15, 0.2) is 48.5 Å². The Kier molecular flexibility index (Phi) is 4.63. The molecule has 1 unspecified atom stereocenters. The molecule has 3 rings (SSSR count). The lowest BCUT2D eigenvalue weighted by Crippen LogP contribution is -2.45. The van der Waals surface area contributed by atoms with Crippen LogP contribution in [0, 0.1) is 0 Å². The van der Waals surface area contributed by atoms with Crippen molar-refractivity contribution in [2.75, 3.05) is 20.2 Å². The van der Waals surface area contributed by atoms with Crippen molar-refractivity contribution in [2.45, 2.75) is 18.9 Å². The number of carbonyl (C=O) groups excluding carboxylic acids is 1. The molecule has 0 aliphatic carbocycles. The summed E-state index contributed by atoms with van der Waals surface area (Å²) < 4.78 is 5.45. The SMILES string of the molecule is COc1ccc(C(=O)N2CCCC(N)C2)cc1-c1ccccc1. The average molecular weight is 310 g/mol. The molecule has 0 radical (unpaired) electrons. The van der Waals surface area contributed by atoms with Crippen molar-refractivity contribution >= 4 is 5.91 Å². The number of piperidine rings is 1. The van der Waals surface area contributed by atoms with Gasteiger partial charge in [-0.2, -0.15) is 0 Å². The highest BCUT2D eigenvalue weighted by Crippen LogP contribution is 2.31. The summed E-state index contributed by atoms with van der Waals surface area (Å²) in [6, 6.07) is 15.6. The van der Waals surface area contributed by atoms with E-state index in [0.29, 0.717) is 12.1 Å². The van der Waals surface area contributed by atoms with Crippen LogP contribution in [0.1, 0.15) is 23.2 Å². The number of likely N-dealkylation sites (tertiary alicyclic amines) is 1. The molecule has 120 valence electrons. The molecule has 1 atom stereocenters. The predicted octanol–water partition coefficient (Wildman–Crippen LogP) is 2.93. The molecule has 23 heavy (non-hydrogen) atoms. The second-order valence-corrected chi connectivity index (χ2v) is 5.93. The number of methoxy groups -OCH3 is 1. The third kappa shape index (κ3) is 3.37. The Labute approximate surface area is 136 Å². The Morgan fingerprint density at radius 3 is 2.70 bits per heavy atom. The van der Waals surface area contributed by atoms with Crippen molar-refractivity contribution < 1.29 is 9.53 Å². The van der Waals surface area contributed by atoms with E-state index in [0.717, 1.165) is 36.3 Å². The van der Waals surface area contributed by atoms with Crippen LogP contribution < -0.4 is 10.5 Å². The van der Waals surface area contributed by atoms with E-state index in [-0.39, 0.29) is 11.9 Å². The molecule has 1 heterocycles. The van der Waals surface area contributed by atoms with E-state index in [9.17, 15) is 4.79 Å². The number of amides is 1. The Morgan fingerprint density at radius 2 is 2.00 bits per heavy atom. The van der Waals surface area contributed by atoms with Gasteiger partial charge in [0.15, 0.2) is 0 Å². The number of nitrogens with zero attached hydrogens (tertiary/aromatic N) is 1. The van der Waals surface area contributed by atoms with Gasteiger partial charge in [0.25, 0.3) is 5.91 Å². The largest absolute Gasteiger partial charge is 0.496 e. The second-order valence-electron chi connectivity index (χ2n) is 5.93. The summed E-state index contributed by atoms with van der Waals surface area (Å²) >= 11 is 0. The van der Waals surface area contributed by atoms with E-state index < -0.39 is 0 Å². The van der Waals surface area contributed by atoms with Crippen LogP contribution >= 0.6 is 0 Å². The number of hydrogen-bond acceptors (Lipinski definition) is 3.